The third-order valence-corrected chi connectivity index (χ3v) is 1.08. The quantitative estimate of drug-likeness (QED) is 0.251. The van der Waals surface area contributed by atoms with E-state index in [1.165, 1.54) is 6.26 Å². The lowest BCUT2D eigenvalue weighted by Crippen LogP contribution is -2.33. The van der Waals surface area contributed by atoms with Gasteiger partial charge in [0, 0.05) is 6.42 Å². The highest BCUT2D eigenvalue weighted by molar-refractivity contribution is 4.48. The summed E-state index contributed by atoms with van der Waals surface area (Å²) in [7, 11) is 3.24. The molecule has 0 aliphatic rings. The standard InChI is InChI=1S/C7H15NO2/c1-4-10-7-5-6-8(2,3)9/h4H,1,5-7H2,2-3H3. The number of hydrogen-bond donors (Lipinski definition) is 0. The number of hydroxylamine groups is 3. The van der Waals surface area contributed by atoms with Crippen LogP contribution in [0.4, 0.5) is 0 Å². The van der Waals surface area contributed by atoms with Gasteiger partial charge in [-0.1, -0.05) is 6.58 Å². The molecule has 0 aliphatic heterocycles. The van der Waals surface area contributed by atoms with Crippen LogP contribution in [0.5, 0.6) is 0 Å². The zero-order valence-corrected chi connectivity index (χ0v) is 6.67. The second kappa shape index (κ2) is 4.30. The van der Waals surface area contributed by atoms with Crippen LogP contribution in [0.15, 0.2) is 12.8 Å². The van der Waals surface area contributed by atoms with Crippen molar-refractivity contribution in [1.29, 1.82) is 0 Å². The first kappa shape index (κ1) is 9.46. The van der Waals surface area contributed by atoms with Gasteiger partial charge in [0.2, 0.25) is 0 Å². The van der Waals surface area contributed by atoms with Gasteiger partial charge >= 0.3 is 0 Å². The van der Waals surface area contributed by atoms with E-state index < -0.39 is 0 Å². The van der Waals surface area contributed by atoms with E-state index in [4.69, 9.17) is 4.74 Å². The van der Waals surface area contributed by atoms with Gasteiger partial charge in [-0.3, -0.25) is 0 Å². The first-order valence-corrected chi connectivity index (χ1v) is 3.33. The third kappa shape index (κ3) is 7.46. The smallest absolute Gasteiger partial charge is 0.0926 e. The van der Waals surface area contributed by atoms with Gasteiger partial charge in [-0.15, -0.1) is 0 Å². The largest absolute Gasteiger partial charge is 0.633 e. The summed E-state index contributed by atoms with van der Waals surface area (Å²) in [6.45, 7) is 4.57. The van der Waals surface area contributed by atoms with Gasteiger partial charge in [0.15, 0.2) is 0 Å². The van der Waals surface area contributed by atoms with Gasteiger partial charge in [-0.25, -0.2) is 0 Å². The SMILES string of the molecule is C=COCCC[N+](C)(C)[O-]. The molecule has 0 aromatic carbocycles. The summed E-state index contributed by atoms with van der Waals surface area (Å²) < 4.78 is 4.59. The maximum Gasteiger partial charge on any atom is 0.0926 e. The monoisotopic (exact) mass is 145 g/mol. The molecule has 0 unspecified atom stereocenters. The normalized spacial score (nSPS) is 11.1. The van der Waals surface area contributed by atoms with Crippen LogP contribution in [0.25, 0.3) is 0 Å². The molecule has 0 amide bonds. The van der Waals surface area contributed by atoms with Gasteiger partial charge in [0.05, 0.1) is 33.5 Å². The van der Waals surface area contributed by atoms with Crippen LogP contribution in [-0.4, -0.2) is 31.9 Å². The molecule has 60 valence electrons. The van der Waals surface area contributed by atoms with Crippen molar-refractivity contribution in [2.24, 2.45) is 0 Å². The van der Waals surface area contributed by atoms with Crippen molar-refractivity contribution in [3.05, 3.63) is 18.0 Å². The summed E-state index contributed by atoms with van der Waals surface area (Å²) in [6.07, 6.45) is 2.17. The lowest BCUT2D eigenvalue weighted by atomic mass is 10.4. The Balaban J connectivity index is 3.12. The summed E-state index contributed by atoms with van der Waals surface area (Å²) in [4.78, 5) is 0. The molecule has 0 aromatic rings. The van der Waals surface area contributed by atoms with E-state index in [0.717, 1.165) is 6.42 Å². The molecule has 0 spiro atoms. The Hall–Kier alpha value is -0.540. The molecular formula is C7H15NO2. The van der Waals surface area contributed by atoms with E-state index in [9.17, 15) is 5.21 Å². The van der Waals surface area contributed by atoms with Crippen molar-refractivity contribution in [3.8, 4) is 0 Å². The van der Waals surface area contributed by atoms with E-state index in [1.807, 2.05) is 0 Å². The van der Waals surface area contributed by atoms with Crippen LogP contribution >= 0.6 is 0 Å². The van der Waals surface area contributed by atoms with Gasteiger partial charge in [-0.2, -0.15) is 0 Å². The predicted molar refractivity (Wildman–Crippen MR) is 41.1 cm³/mol. The maximum absolute atomic E-state index is 10.9. The average Bonchev–Trinajstić information content (AvgIpc) is 1.78. The summed E-state index contributed by atoms with van der Waals surface area (Å²) in [6, 6.07) is 0. The second-order valence-corrected chi connectivity index (χ2v) is 2.69. The third-order valence-electron chi connectivity index (χ3n) is 1.08. The van der Waals surface area contributed by atoms with Crippen molar-refractivity contribution in [1.82, 2.24) is 0 Å². The fraction of sp³-hybridized carbons (Fsp3) is 0.714. The second-order valence-electron chi connectivity index (χ2n) is 2.69. The molecule has 0 saturated carbocycles. The minimum Gasteiger partial charge on any atom is -0.633 e. The molecule has 0 atom stereocenters. The predicted octanol–water partition coefficient (Wildman–Crippen LogP) is 1.11. The van der Waals surface area contributed by atoms with Crippen LogP contribution in [-0.2, 0) is 4.74 Å². The lowest BCUT2D eigenvalue weighted by molar-refractivity contribution is -0.840. The minimum absolute atomic E-state index is 0.250. The van der Waals surface area contributed by atoms with Crippen molar-refractivity contribution in [3.63, 3.8) is 0 Å². The maximum atomic E-state index is 10.9. The molecule has 0 rings (SSSR count). The lowest BCUT2D eigenvalue weighted by Gasteiger charge is -2.33. The van der Waals surface area contributed by atoms with E-state index >= 15 is 0 Å². The fourth-order valence-electron chi connectivity index (χ4n) is 0.612. The molecule has 3 heteroatoms. The first-order valence-electron chi connectivity index (χ1n) is 3.33. The Morgan fingerprint density at radius 3 is 2.60 bits per heavy atom. The van der Waals surface area contributed by atoms with E-state index in [0.29, 0.717) is 13.2 Å². The molecule has 0 aromatic heterocycles. The van der Waals surface area contributed by atoms with Crippen molar-refractivity contribution in [2.45, 2.75) is 6.42 Å². The van der Waals surface area contributed by atoms with E-state index in [-0.39, 0.29) is 4.65 Å². The molecule has 0 fully saturated rings. The van der Waals surface area contributed by atoms with Crippen LogP contribution in [0.2, 0.25) is 0 Å². The summed E-state index contributed by atoms with van der Waals surface area (Å²) in [5.74, 6) is 0. The summed E-state index contributed by atoms with van der Waals surface area (Å²) in [5, 5.41) is 10.9. The molecule has 0 heterocycles. The Morgan fingerprint density at radius 1 is 1.60 bits per heavy atom. The molecule has 3 nitrogen and oxygen atoms in total. The van der Waals surface area contributed by atoms with Crippen LogP contribution in [0.1, 0.15) is 6.42 Å². The van der Waals surface area contributed by atoms with Crippen LogP contribution < -0.4 is 0 Å². The highest BCUT2D eigenvalue weighted by Crippen LogP contribution is 1.94. The van der Waals surface area contributed by atoms with Crippen molar-refractivity contribution in [2.75, 3.05) is 27.2 Å². The van der Waals surface area contributed by atoms with Gasteiger partial charge in [0.1, 0.15) is 0 Å². The van der Waals surface area contributed by atoms with Crippen molar-refractivity contribution >= 4 is 0 Å². The topological polar surface area (TPSA) is 32.3 Å². The highest BCUT2D eigenvalue weighted by Gasteiger charge is 1.99. The molecule has 0 saturated heterocycles. The van der Waals surface area contributed by atoms with E-state index in [1.54, 1.807) is 14.1 Å². The Kier molecular flexibility index (Phi) is 4.07. The minimum atomic E-state index is -0.250. The van der Waals surface area contributed by atoms with Crippen molar-refractivity contribution < 1.29 is 9.38 Å². The Bertz CT molecular complexity index is 96.3. The molecular weight excluding hydrogens is 130 g/mol. The first-order chi connectivity index (χ1) is 4.56. The summed E-state index contributed by atoms with van der Waals surface area (Å²) in [5.41, 5.74) is 0. The summed E-state index contributed by atoms with van der Waals surface area (Å²) >= 11 is 0. The zero-order valence-electron chi connectivity index (χ0n) is 6.67. The highest BCUT2D eigenvalue weighted by atomic mass is 16.5. The molecule has 0 N–H and O–H groups in total. The molecule has 0 bridgehead atoms. The van der Waals surface area contributed by atoms with Gasteiger partial charge < -0.3 is 14.6 Å². The van der Waals surface area contributed by atoms with Gasteiger partial charge in [-0.05, 0) is 0 Å². The molecule has 0 aliphatic carbocycles. The Morgan fingerprint density at radius 2 is 2.20 bits per heavy atom. The molecule has 10 heavy (non-hydrogen) atoms. The zero-order chi connectivity index (χ0) is 8.04. The fourth-order valence-corrected chi connectivity index (χ4v) is 0.612. The Labute approximate surface area is 62.1 Å². The number of nitrogens with zero attached hydrogens (tertiary/aromatic N) is 1. The number of hydrogen-bond acceptors (Lipinski definition) is 2. The number of quaternary nitrogens is 1. The van der Waals surface area contributed by atoms with Crippen LogP contribution in [0, 0.1) is 5.21 Å². The number of ether oxygens (including phenoxy) is 1. The van der Waals surface area contributed by atoms with Crippen LogP contribution in [0.3, 0.4) is 0 Å². The molecule has 0 radical (unpaired) electrons. The number of rotatable bonds is 5. The average molecular weight is 145 g/mol. The van der Waals surface area contributed by atoms with Gasteiger partial charge in [0.25, 0.3) is 0 Å². The van der Waals surface area contributed by atoms with E-state index in [2.05, 4.69) is 6.58 Å².